The molecule has 0 saturated heterocycles. The van der Waals surface area contributed by atoms with Gasteiger partial charge in [0.2, 0.25) is 0 Å². The fraction of sp³-hybridized carbons (Fsp3) is 0.500. The summed E-state index contributed by atoms with van der Waals surface area (Å²) in [5.74, 6) is 0.569. The first-order valence-electron chi connectivity index (χ1n) is 5.75. The minimum Gasteiger partial charge on any atom is -0.395 e. The van der Waals surface area contributed by atoms with E-state index in [1.165, 1.54) is 0 Å². The normalized spacial score (nSPS) is 9.88. The maximum Gasteiger partial charge on any atom is 0.150 e. The molecule has 1 aromatic heterocycles. The minimum atomic E-state index is 0.407. The van der Waals surface area contributed by atoms with Gasteiger partial charge < -0.3 is 15.8 Å². The van der Waals surface area contributed by atoms with Crippen molar-refractivity contribution >= 4 is 11.5 Å². The average Bonchev–Trinajstić information content (AvgIpc) is 2.35. The number of nitrogens with one attached hydrogen (secondary N) is 1. The Labute approximate surface area is 102 Å². The van der Waals surface area contributed by atoms with Crippen molar-refractivity contribution in [2.24, 2.45) is 0 Å². The number of aromatic nitrogens is 1. The molecular formula is C12H18N4O. The number of anilines is 2. The first-order chi connectivity index (χ1) is 8.29. The van der Waals surface area contributed by atoms with E-state index >= 15 is 0 Å². The summed E-state index contributed by atoms with van der Waals surface area (Å²) in [6.45, 7) is 4.33. The molecule has 0 saturated carbocycles. The molecule has 1 aromatic rings. The fourth-order valence-corrected chi connectivity index (χ4v) is 1.34. The lowest BCUT2D eigenvalue weighted by molar-refractivity contribution is 0.134. The topological polar surface area (TPSA) is 84.0 Å². The Morgan fingerprint density at radius 1 is 1.53 bits per heavy atom. The summed E-state index contributed by atoms with van der Waals surface area (Å²) in [5, 5.41) is 11.9. The largest absolute Gasteiger partial charge is 0.395 e. The summed E-state index contributed by atoms with van der Waals surface area (Å²) in [7, 11) is 0. The Morgan fingerprint density at radius 3 is 3.06 bits per heavy atom. The molecule has 92 valence electrons. The van der Waals surface area contributed by atoms with Crippen LogP contribution in [0.2, 0.25) is 0 Å². The summed E-state index contributed by atoms with van der Waals surface area (Å²) in [5.41, 5.74) is 6.63. The summed E-state index contributed by atoms with van der Waals surface area (Å²) < 4.78 is 5.35. The zero-order valence-corrected chi connectivity index (χ0v) is 10.1. The number of nitrogens with two attached hydrogens (primary N) is 1. The van der Waals surface area contributed by atoms with E-state index in [-0.39, 0.29) is 0 Å². The third kappa shape index (κ3) is 4.29. The Morgan fingerprint density at radius 2 is 2.35 bits per heavy atom. The molecule has 0 spiro atoms. The van der Waals surface area contributed by atoms with Crippen LogP contribution in [0.3, 0.4) is 0 Å². The molecule has 0 aliphatic heterocycles. The van der Waals surface area contributed by atoms with Crippen molar-refractivity contribution in [3.8, 4) is 6.07 Å². The predicted octanol–water partition coefficient (Wildman–Crippen LogP) is 1.76. The zero-order chi connectivity index (χ0) is 12.5. The van der Waals surface area contributed by atoms with E-state index in [4.69, 9.17) is 15.7 Å². The second-order valence-corrected chi connectivity index (χ2v) is 3.63. The Balaban J connectivity index is 2.35. The number of nitriles is 1. The quantitative estimate of drug-likeness (QED) is 0.702. The number of hydrogen-bond acceptors (Lipinski definition) is 5. The Kier molecular flexibility index (Phi) is 5.83. The summed E-state index contributed by atoms with van der Waals surface area (Å²) in [6, 6.07) is 3.63. The van der Waals surface area contributed by atoms with Crippen LogP contribution in [0.1, 0.15) is 25.3 Å². The van der Waals surface area contributed by atoms with Gasteiger partial charge in [0, 0.05) is 26.0 Å². The fourth-order valence-electron chi connectivity index (χ4n) is 1.34. The molecule has 17 heavy (non-hydrogen) atoms. The highest BCUT2D eigenvalue weighted by Crippen LogP contribution is 2.18. The van der Waals surface area contributed by atoms with Crippen molar-refractivity contribution in [3.05, 3.63) is 17.8 Å². The van der Waals surface area contributed by atoms with Crippen LogP contribution in [0, 0.1) is 11.3 Å². The van der Waals surface area contributed by atoms with E-state index in [0.29, 0.717) is 17.1 Å². The predicted molar refractivity (Wildman–Crippen MR) is 67.6 cm³/mol. The molecule has 0 aliphatic rings. The van der Waals surface area contributed by atoms with Crippen molar-refractivity contribution in [1.82, 2.24) is 4.98 Å². The lowest BCUT2D eigenvalue weighted by Crippen LogP contribution is -2.09. The first-order valence-corrected chi connectivity index (χ1v) is 5.75. The van der Waals surface area contributed by atoms with E-state index in [2.05, 4.69) is 17.2 Å². The van der Waals surface area contributed by atoms with Crippen molar-refractivity contribution in [3.63, 3.8) is 0 Å². The molecule has 1 heterocycles. The van der Waals surface area contributed by atoms with Gasteiger partial charge in [-0.05, 0) is 18.9 Å². The van der Waals surface area contributed by atoms with Gasteiger partial charge in [0.1, 0.15) is 6.07 Å². The van der Waals surface area contributed by atoms with E-state index in [1.54, 1.807) is 12.3 Å². The molecule has 0 unspecified atom stereocenters. The number of hydrogen-bond donors (Lipinski definition) is 2. The Bertz CT molecular complexity index is 387. The van der Waals surface area contributed by atoms with Gasteiger partial charge in [-0.1, -0.05) is 6.92 Å². The number of rotatable bonds is 7. The van der Waals surface area contributed by atoms with E-state index in [9.17, 15) is 0 Å². The van der Waals surface area contributed by atoms with Crippen LogP contribution in [-0.2, 0) is 4.74 Å². The third-order valence-electron chi connectivity index (χ3n) is 2.22. The van der Waals surface area contributed by atoms with Crippen LogP contribution in [0.25, 0.3) is 0 Å². The lowest BCUT2D eigenvalue weighted by Gasteiger charge is -2.08. The van der Waals surface area contributed by atoms with Gasteiger partial charge in [-0.25, -0.2) is 4.98 Å². The molecule has 0 radical (unpaired) electrons. The molecule has 0 amide bonds. The second kappa shape index (κ2) is 7.47. The molecule has 0 bridgehead atoms. The summed E-state index contributed by atoms with van der Waals surface area (Å²) in [4.78, 5) is 4.09. The number of pyridine rings is 1. The van der Waals surface area contributed by atoms with Crippen molar-refractivity contribution in [2.75, 3.05) is 30.8 Å². The molecular weight excluding hydrogens is 216 g/mol. The number of nitrogens with zero attached hydrogens (tertiary/aromatic N) is 2. The summed E-state index contributed by atoms with van der Waals surface area (Å²) in [6.07, 6.45) is 3.49. The molecule has 5 heteroatoms. The van der Waals surface area contributed by atoms with Crippen LogP contribution >= 0.6 is 0 Å². The maximum absolute atomic E-state index is 8.81. The van der Waals surface area contributed by atoms with Gasteiger partial charge in [0.05, 0.1) is 11.3 Å². The van der Waals surface area contributed by atoms with Gasteiger partial charge in [0.15, 0.2) is 5.82 Å². The van der Waals surface area contributed by atoms with Crippen LogP contribution in [0.4, 0.5) is 11.5 Å². The molecule has 0 atom stereocenters. The van der Waals surface area contributed by atoms with E-state index in [1.807, 2.05) is 6.07 Å². The van der Waals surface area contributed by atoms with Gasteiger partial charge in [-0.2, -0.15) is 5.26 Å². The van der Waals surface area contributed by atoms with Crippen LogP contribution in [0.15, 0.2) is 12.3 Å². The van der Waals surface area contributed by atoms with Gasteiger partial charge in [-0.15, -0.1) is 0 Å². The second-order valence-electron chi connectivity index (χ2n) is 3.63. The molecule has 0 fully saturated rings. The molecule has 0 aliphatic carbocycles. The van der Waals surface area contributed by atoms with Crippen LogP contribution < -0.4 is 11.1 Å². The van der Waals surface area contributed by atoms with Gasteiger partial charge in [-0.3, -0.25) is 0 Å². The molecule has 1 rings (SSSR count). The molecule has 0 aromatic carbocycles. The SMILES string of the molecule is CCCOCCCNc1nccc(C#N)c1N. The van der Waals surface area contributed by atoms with Crippen molar-refractivity contribution in [1.29, 1.82) is 5.26 Å². The van der Waals surface area contributed by atoms with Gasteiger partial charge >= 0.3 is 0 Å². The number of ether oxygens (including phenoxy) is 1. The highest BCUT2D eigenvalue weighted by molar-refractivity contribution is 5.68. The lowest BCUT2D eigenvalue weighted by atomic mass is 10.2. The molecule has 3 N–H and O–H groups in total. The van der Waals surface area contributed by atoms with E-state index in [0.717, 1.165) is 32.6 Å². The smallest absolute Gasteiger partial charge is 0.150 e. The Hall–Kier alpha value is -1.80. The first kappa shape index (κ1) is 13.3. The zero-order valence-electron chi connectivity index (χ0n) is 10.1. The van der Waals surface area contributed by atoms with E-state index < -0.39 is 0 Å². The van der Waals surface area contributed by atoms with Gasteiger partial charge in [0.25, 0.3) is 0 Å². The monoisotopic (exact) mass is 234 g/mol. The van der Waals surface area contributed by atoms with Crippen LogP contribution in [-0.4, -0.2) is 24.7 Å². The third-order valence-corrected chi connectivity index (χ3v) is 2.22. The van der Waals surface area contributed by atoms with Crippen LogP contribution in [0.5, 0.6) is 0 Å². The number of nitrogen functional groups attached to an aromatic ring is 1. The standard InChI is InChI=1S/C12H18N4O/c1-2-7-17-8-3-5-15-12-11(14)10(9-13)4-6-16-12/h4,6H,2-3,5,7-8,14H2,1H3,(H,15,16). The molecule has 5 nitrogen and oxygen atoms in total. The van der Waals surface area contributed by atoms with Crippen molar-refractivity contribution in [2.45, 2.75) is 19.8 Å². The average molecular weight is 234 g/mol. The highest BCUT2D eigenvalue weighted by Gasteiger charge is 2.04. The minimum absolute atomic E-state index is 0.407. The maximum atomic E-state index is 8.81. The highest BCUT2D eigenvalue weighted by atomic mass is 16.5. The summed E-state index contributed by atoms with van der Waals surface area (Å²) >= 11 is 0. The van der Waals surface area contributed by atoms with Crippen molar-refractivity contribution < 1.29 is 4.74 Å².